The maximum atomic E-state index is 14.6. The van der Waals surface area contributed by atoms with Crippen LogP contribution < -0.4 is 14.8 Å². The summed E-state index contributed by atoms with van der Waals surface area (Å²) in [6.45, 7) is 6.24. The van der Waals surface area contributed by atoms with E-state index in [0.717, 1.165) is 6.07 Å². The number of aromatic nitrogens is 4. The number of rotatable bonds is 9. The standard InChI is InChI=1S/C29H34F3N7O3/c1-16(23-12-18(31)15-39(23)4)40-24-14-25(41-20-8-10-34-19(13-20)7-9-33)36-26(35-24)27-37-28(42-38-27)29(2,3)21-6-5-17(30)11-22(21)32/h5-6,11,14,16,18-20,23,34H,7-8,10,12-13,15H2,1-4H3/t16-,18+,19+,20-,23-/m0/s1. The number of ether oxygens (including phenoxy) is 2. The van der Waals surface area contributed by atoms with E-state index in [1.165, 1.54) is 12.1 Å². The number of hydrogen-bond donors (Lipinski definition) is 1. The van der Waals surface area contributed by atoms with Crippen molar-refractivity contribution in [1.29, 1.82) is 5.26 Å². The second kappa shape index (κ2) is 12.2. The molecule has 13 heteroatoms. The predicted octanol–water partition coefficient (Wildman–Crippen LogP) is 4.35. The van der Waals surface area contributed by atoms with Gasteiger partial charge in [0.15, 0.2) is 0 Å². The van der Waals surface area contributed by atoms with Gasteiger partial charge in [0.25, 0.3) is 0 Å². The number of nitriles is 1. The summed E-state index contributed by atoms with van der Waals surface area (Å²) in [5, 5.41) is 16.5. The first kappa shape index (κ1) is 29.7. The molecule has 0 bridgehead atoms. The zero-order valence-electron chi connectivity index (χ0n) is 24.0. The molecule has 0 spiro atoms. The van der Waals surface area contributed by atoms with Crippen molar-refractivity contribution in [2.45, 2.75) is 82.3 Å². The number of piperidine rings is 1. The molecule has 42 heavy (non-hydrogen) atoms. The molecule has 5 rings (SSSR count). The lowest BCUT2D eigenvalue weighted by Crippen LogP contribution is -2.42. The van der Waals surface area contributed by atoms with Gasteiger partial charge in [0.2, 0.25) is 29.3 Å². The van der Waals surface area contributed by atoms with Gasteiger partial charge < -0.3 is 19.3 Å². The normalized spacial score (nSPS) is 23.9. The van der Waals surface area contributed by atoms with Crippen LogP contribution >= 0.6 is 0 Å². The van der Waals surface area contributed by atoms with Crippen molar-refractivity contribution in [1.82, 2.24) is 30.3 Å². The van der Waals surface area contributed by atoms with Gasteiger partial charge in [-0.3, -0.25) is 4.90 Å². The summed E-state index contributed by atoms with van der Waals surface area (Å²) >= 11 is 0. The van der Waals surface area contributed by atoms with E-state index in [1.807, 2.05) is 18.9 Å². The summed E-state index contributed by atoms with van der Waals surface area (Å²) in [6, 6.07) is 6.92. The van der Waals surface area contributed by atoms with E-state index in [2.05, 4.69) is 31.5 Å². The van der Waals surface area contributed by atoms with E-state index in [1.54, 1.807) is 19.9 Å². The lowest BCUT2D eigenvalue weighted by atomic mass is 9.84. The quantitative estimate of drug-likeness (QED) is 0.388. The zero-order valence-corrected chi connectivity index (χ0v) is 24.0. The highest BCUT2D eigenvalue weighted by atomic mass is 19.1. The minimum atomic E-state index is -1.09. The number of likely N-dealkylation sites (tertiary alicyclic amines) is 1. The number of nitrogens with zero attached hydrogens (tertiary/aromatic N) is 6. The fourth-order valence-electron chi connectivity index (χ4n) is 5.60. The Hall–Kier alpha value is -3.76. The van der Waals surface area contributed by atoms with Gasteiger partial charge in [-0.15, -0.1) is 0 Å². The van der Waals surface area contributed by atoms with Gasteiger partial charge >= 0.3 is 0 Å². The second-order valence-electron chi connectivity index (χ2n) is 11.5. The van der Waals surface area contributed by atoms with E-state index in [-0.39, 0.29) is 53.1 Å². The van der Waals surface area contributed by atoms with Crippen LogP contribution in [0.15, 0.2) is 28.8 Å². The molecule has 4 heterocycles. The minimum absolute atomic E-state index is 0.00574. The highest BCUT2D eigenvalue weighted by Gasteiger charge is 2.36. The molecule has 224 valence electrons. The van der Waals surface area contributed by atoms with Crippen molar-refractivity contribution >= 4 is 0 Å². The molecule has 1 aromatic carbocycles. The maximum Gasteiger partial charge on any atom is 0.240 e. The summed E-state index contributed by atoms with van der Waals surface area (Å²) < 4.78 is 60.1. The van der Waals surface area contributed by atoms with E-state index >= 15 is 0 Å². The Balaban J connectivity index is 1.44. The van der Waals surface area contributed by atoms with E-state index in [0.29, 0.717) is 38.8 Å². The van der Waals surface area contributed by atoms with Crippen molar-refractivity contribution in [3.05, 3.63) is 47.4 Å². The molecular weight excluding hydrogens is 551 g/mol. The van der Waals surface area contributed by atoms with Crippen LogP contribution in [0, 0.1) is 23.0 Å². The number of alkyl halides is 1. The molecule has 2 aromatic heterocycles. The van der Waals surface area contributed by atoms with Gasteiger partial charge in [0.1, 0.15) is 30.0 Å². The zero-order chi connectivity index (χ0) is 30.0. The average Bonchev–Trinajstić information content (AvgIpc) is 3.56. The number of nitrogens with one attached hydrogen (secondary N) is 1. The molecule has 0 aliphatic carbocycles. The van der Waals surface area contributed by atoms with E-state index < -0.39 is 29.3 Å². The second-order valence-corrected chi connectivity index (χ2v) is 11.5. The van der Waals surface area contributed by atoms with Crippen molar-refractivity contribution in [3.63, 3.8) is 0 Å². The number of benzene rings is 1. The first-order chi connectivity index (χ1) is 20.0. The summed E-state index contributed by atoms with van der Waals surface area (Å²) in [6.07, 6.45) is 0.507. The van der Waals surface area contributed by atoms with Gasteiger partial charge in [-0.25, -0.2) is 13.2 Å². The molecular formula is C29H34F3N7O3. The van der Waals surface area contributed by atoms with Crippen LogP contribution in [-0.4, -0.2) is 75.6 Å². The molecule has 10 nitrogen and oxygen atoms in total. The summed E-state index contributed by atoms with van der Waals surface area (Å²) in [7, 11) is 1.85. The van der Waals surface area contributed by atoms with Gasteiger partial charge in [-0.05, 0) is 53.3 Å². The SMILES string of the molecule is C[C@H](Oc1cc(O[C@H]2CCN[C@H](CC#N)C2)nc(-c2noc(C(C)(C)c3ccc(F)cc3F)n2)n1)[C@@H]1C[C@@H](F)CN1C. The minimum Gasteiger partial charge on any atom is -0.474 e. The monoisotopic (exact) mass is 585 g/mol. The molecule has 5 atom stereocenters. The fraction of sp³-hybridized carbons (Fsp3) is 0.552. The van der Waals surface area contributed by atoms with Crippen LogP contribution in [0.5, 0.6) is 11.8 Å². The lowest BCUT2D eigenvalue weighted by molar-refractivity contribution is 0.113. The van der Waals surface area contributed by atoms with Crippen LogP contribution in [0.4, 0.5) is 13.2 Å². The third-order valence-electron chi connectivity index (χ3n) is 7.91. The molecule has 3 aromatic rings. The molecule has 0 saturated carbocycles. The van der Waals surface area contributed by atoms with Crippen molar-refractivity contribution in [2.75, 3.05) is 20.1 Å². The highest BCUT2D eigenvalue weighted by molar-refractivity contribution is 5.46. The Kier molecular flexibility index (Phi) is 8.65. The van der Waals surface area contributed by atoms with Crippen LogP contribution in [-0.2, 0) is 5.41 Å². The fourth-order valence-corrected chi connectivity index (χ4v) is 5.60. The van der Waals surface area contributed by atoms with E-state index in [4.69, 9.17) is 19.3 Å². The van der Waals surface area contributed by atoms with Gasteiger partial charge in [0, 0.05) is 36.7 Å². The molecule has 2 fully saturated rings. The van der Waals surface area contributed by atoms with Crippen LogP contribution in [0.1, 0.15) is 57.9 Å². The number of likely N-dealkylation sites (N-methyl/N-ethyl adjacent to an activating group) is 1. The van der Waals surface area contributed by atoms with Crippen molar-refractivity contribution in [3.8, 4) is 29.5 Å². The number of halogens is 3. The lowest BCUT2D eigenvalue weighted by Gasteiger charge is -2.29. The van der Waals surface area contributed by atoms with Crippen molar-refractivity contribution in [2.24, 2.45) is 0 Å². The van der Waals surface area contributed by atoms with Crippen molar-refractivity contribution < 1.29 is 27.2 Å². The van der Waals surface area contributed by atoms with Crippen LogP contribution in [0.25, 0.3) is 11.6 Å². The largest absolute Gasteiger partial charge is 0.474 e. The Morgan fingerprint density at radius 2 is 1.95 bits per heavy atom. The maximum absolute atomic E-state index is 14.6. The Bertz CT molecular complexity index is 1450. The molecule has 0 radical (unpaired) electrons. The molecule has 2 saturated heterocycles. The predicted molar refractivity (Wildman–Crippen MR) is 146 cm³/mol. The smallest absolute Gasteiger partial charge is 0.240 e. The van der Waals surface area contributed by atoms with Gasteiger partial charge in [-0.1, -0.05) is 11.2 Å². The Morgan fingerprint density at radius 1 is 1.17 bits per heavy atom. The number of hydrogen-bond acceptors (Lipinski definition) is 10. The topological polar surface area (TPSA) is 122 Å². The molecule has 0 amide bonds. The summed E-state index contributed by atoms with van der Waals surface area (Å²) in [4.78, 5) is 15.4. The Morgan fingerprint density at radius 3 is 2.67 bits per heavy atom. The third kappa shape index (κ3) is 6.50. The summed E-state index contributed by atoms with van der Waals surface area (Å²) in [5.41, 5.74) is -0.911. The molecule has 0 unspecified atom stereocenters. The first-order valence-electron chi connectivity index (χ1n) is 14.0. The summed E-state index contributed by atoms with van der Waals surface area (Å²) in [5.74, 6) is -0.847. The van der Waals surface area contributed by atoms with Gasteiger partial charge in [0.05, 0.1) is 24.0 Å². The molecule has 1 N–H and O–H groups in total. The molecule has 2 aliphatic rings. The highest BCUT2D eigenvalue weighted by Crippen LogP contribution is 2.34. The third-order valence-corrected chi connectivity index (χ3v) is 7.91. The molecule has 2 aliphatic heterocycles. The Labute approximate surface area is 242 Å². The van der Waals surface area contributed by atoms with E-state index in [9.17, 15) is 13.2 Å². The van der Waals surface area contributed by atoms with Crippen LogP contribution in [0.2, 0.25) is 0 Å². The average molecular weight is 586 g/mol. The first-order valence-corrected chi connectivity index (χ1v) is 14.0. The van der Waals surface area contributed by atoms with Gasteiger partial charge in [-0.2, -0.15) is 20.2 Å². The van der Waals surface area contributed by atoms with Crippen LogP contribution in [0.3, 0.4) is 0 Å².